The van der Waals surface area contributed by atoms with Gasteiger partial charge in [-0.05, 0) is 88.9 Å². The smallest absolute Gasteiger partial charge is 0.251 e. The molecule has 45 heavy (non-hydrogen) atoms. The third-order valence-corrected chi connectivity index (χ3v) is 11.7. The lowest BCUT2D eigenvalue weighted by molar-refractivity contribution is -0.142. The van der Waals surface area contributed by atoms with Crippen molar-refractivity contribution in [3.05, 3.63) is 78.9 Å². The zero-order valence-corrected chi connectivity index (χ0v) is 27.8. The van der Waals surface area contributed by atoms with Gasteiger partial charge in [0.1, 0.15) is 11.8 Å². The molecular weight excluding hydrogens is 586 g/mol. The Labute approximate surface area is 271 Å². The van der Waals surface area contributed by atoms with Crippen molar-refractivity contribution in [2.75, 3.05) is 36.1 Å². The van der Waals surface area contributed by atoms with Crippen molar-refractivity contribution in [2.45, 2.75) is 69.0 Å². The van der Waals surface area contributed by atoms with Crippen LogP contribution in [-0.4, -0.2) is 75.6 Å². The zero-order chi connectivity index (χ0) is 32.7. The van der Waals surface area contributed by atoms with Gasteiger partial charge >= 0.3 is 0 Å². The lowest BCUT2D eigenvalue weighted by Crippen LogP contribution is -2.57. The first-order chi connectivity index (χ1) is 21.5. The third-order valence-electron chi connectivity index (χ3n) is 9.72. The van der Waals surface area contributed by atoms with Crippen molar-refractivity contribution in [3.8, 4) is 5.75 Å². The Morgan fingerprint density at radius 2 is 1.76 bits per heavy atom. The van der Waals surface area contributed by atoms with E-state index >= 15 is 0 Å². The van der Waals surface area contributed by atoms with Crippen molar-refractivity contribution in [1.82, 2.24) is 4.90 Å². The fourth-order valence-corrected chi connectivity index (χ4v) is 10.0. The molecule has 3 heterocycles. The molecule has 3 fully saturated rings. The lowest BCUT2D eigenvalue weighted by Gasteiger charge is -2.39. The molecule has 9 heteroatoms. The number of likely N-dealkylation sites (tertiary alicyclic amines) is 1. The molecule has 3 saturated heterocycles. The largest absolute Gasteiger partial charge is 0.494 e. The highest BCUT2D eigenvalue weighted by Gasteiger charge is 2.78. The minimum Gasteiger partial charge on any atom is -0.494 e. The summed E-state index contributed by atoms with van der Waals surface area (Å²) in [5.74, 6) is -1.27. The standard InChI is InChI=1S/C36H45N3O5S/c1-8-19-37(26-13-15-27(16-14-26)44-10-3)32(41)29-30-33(42)39(25(6)22-40)31(36(30)18-17-35(29,7)45-36)34(43)38(20-9-2)28-21-23(4)11-12-24(28)5/h8-9,11-16,21,25,29-31,40H,1-2,10,17-20,22H2,3-7H3/t25-,29-,30+,31?,35+,36?/m1/s1. The van der Waals surface area contributed by atoms with Gasteiger partial charge in [0.2, 0.25) is 11.8 Å². The molecule has 8 nitrogen and oxygen atoms in total. The fourth-order valence-electron chi connectivity index (χ4n) is 7.68. The van der Waals surface area contributed by atoms with E-state index < -0.39 is 33.4 Å². The normalized spacial score (nSPS) is 27.2. The van der Waals surface area contributed by atoms with Crippen molar-refractivity contribution in [1.29, 1.82) is 0 Å². The Bertz CT molecular complexity index is 1490. The number of ether oxygens (including phenoxy) is 1. The average Bonchev–Trinajstić information content (AvgIpc) is 3.60. The number of aliphatic hydroxyl groups is 1. The molecule has 240 valence electrons. The molecular formula is C36H45N3O5S. The van der Waals surface area contributed by atoms with Crippen LogP contribution in [0.15, 0.2) is 67.8 Å². The van der Waals surface area contributed by atoms with Gasteiger partial charge in [-0.25, -0.2) is 0 Å². The number of amides is 3. The van der Waals surface area contributed by atoms with Crippen molar-refractivity contribution in [2.24, 2.45) is 11.8 Å². The minimum absolute atomic E-state index is 0.156. The Balaban J connectivity index is 1.59. The molecule has 6 atom stereocenters. The van der Waals surface area contributed by atoms with Gasteiger partial charge in [-0.2, -0.15) is 0 Å². The molecule has 0 aliphatic carbocycles. The molecule has 2 bridgehead atoms. The molecule has 2 unspecified atom stereocenters. The topological polar surface area (TPSA) is 90.4 Å². The summed E-state index contributed by atoms with van der Waals surface area (Å²) in [6, 6.07) is 11.9. The van der Waals surface area contributed by atoms with E-state index in [1.165, 1.54) is 0 Å². The number of hydrogen-bond acceptors (Lipinski definition) is 6. The van der Waals surface area contributed by atoms with Crippen LogP contribution in [0.4, 0.5) is 11.4 Å². The van der Waals surface area contributed by atoms with Crippen LogP contribution in [0.1, 0.15) is 44.7 Å². The number of aryl methyl sites for hydroxylation is 2. The van der Waals surface area contributed by atoms with Crippen LogP contribution in [0.5, 0.6) is 5.75 Å². The fraction of sp³-hybridized carbons (Fsp3) is 0.472. The number of carbonyl (C=O) groups is 3. The summed E-state index contributed by atoms with van der Waals surface area (Å²) in [7, 11) is 0. The van der Waals surface area contributed by atoms with E-state index in [0.717, 1.165) is 16.8 Å². The molecule has 2 aromatic carbocycles. The monoisotopic (exact) mass is 631 g/mol. The van der Waals surface area contributed by atoms with Gasteiger partial charge in [0.05, 0.1) is 35.8 Å². The molecule has 0 radical (unpaired) electrons. The van der Waals surface area contributed by atoms with Gasteiger partial charge in [-0.1, -0.05) is 24.3 Å². The van der Waals surface area contributed by atoms with E-state index in [1.807, 2.05) is 63.2 Å². The molecule has 0 saturated carbocycles. The third kappa shape index (κ3) is 5.37. The summed E-state index contributed by atoms with van der Waals surface area (Å²) in [6.07, 6.45) is 4.70. The summed E-state index contributed by atoms with van der Waals surface area (Å²) in [6.45, 7) is 18.3. The van der Waals surface area contributed by atoms with Gasteiger partial charge in [0.15, 0.2) is 0 Å². The number of fused-ring (bicyclic) bond motifs is 1. The van der Waals surface area contributed by atoms with E-state index in [2.05, 4.69) is 20.1 Å². The van der Waals surface area contributed by atoms with Crippen molar-refractivity contribution in [3.63, 3.8) is 0 Å². The molecule has 2 aromatic rings. The summed E-state index contributed by atoms with van der Waals surface area (Å²) >= 11 is 1.63. The van der Waals surface area contributed by atoms with Crippen LogP contribution in [0.3, 0.4) is 0 Å². The van der Waals surface area contributed by atoms with Gasteiger partial charge in [-0.3, -0.25) is 14.4 Å². The van der Waals surface area contributed by atoms with Gasteiger partial charge in [0.25, 0.3) is 5.91 Å². The number of rotatable bonds is 12. The Kier molecular flexibility index (Phi) is 9.25. The molecule has 5 rings (SSSR count). The first kappa shape index (κ1) is 32.8. The quantitative estimate of drug-likeness (QED) is 0.320. The van der Waals surface area contributed by atoms with Gasteiger partial charge < -0.3 is 24.5 Å². The van der Waals surface area contributed by atoms with E-state index in [0.29, 0.717) is 30.9 Å². The van der Waals surface area contributed by atoms with Crippen LogP contribution < -0.4 is 14.5 Å². The van der Waals surface area contributed by atoms with Crippen molar-refractivity contribution < 1.29 is 24.2 Å². The number of aliphatic hydroxyl groups excluding tert-OH is 1. The highest BCUT2D eigenvalue weighted by Crippen LogP contribution is 2.72. The first-order valence-corrected chi connectivity index (χ1v) is 16.6. The molecule has 1 N–H and O–H groups in total. The van der Waals surface area contributed by atoms with Crippen LogP contribution in [0.25, 0.3) is 0 Å². The molecule has 3 aliphatic heterocycles. The summed E-state index contributed by atoms with van der Waals surface area (Å²) < 4.78 is 4.25. The summed E-state index contributed by atoms with van der Waals surface area (Å²) in [5, 5.41) is 10.3. The number of thioether (sulfide) groups is 1. The summed E-state index contributed by atoms with van der Waals surface area (Å²) in [5.41, 5.74) is 3.42. The van der Waals surface area contributed by atoms with Crippen LogP contribution in [0.2, 0.25) is 0 Å². The van der Waals surface area contributed by atoms with Crippen molar-refractivity contribution >= 4 is 40.9 Å². The highest BCUT2D eigenvalue weighted by atomic mass is 32.2. The van der Waals surface area contributed by atoms with Crippen LogP contribution in [0, 0.1) is 25.7 Å². The maximum Gasteiger partial charge on any atom is 0.251 e. The van der Waals surface area contributed by atoms with Crippen LogP contribution >= 0.6 is 11.8 Å². The van der Waals surface area contributed by atoms with E-state index in [9.17, 15) is 19.5 Å². The number of benzene rings is 2. The van der Waals surface area contributed by atoms with Gasteiger partial charge in [-0.15, -0.1) is 24.9 Å². The number of hydrogen-bond donors (Lipinski definition) is 1. The second-order valence-corrected chi connectivity index (χ2v) is 14.6. The molecule has 3 amide bonds. The minimum atomic E-state index is -0.847. The van der Waals surface area contributed by atoms with E-state index in [4.69, 9.17) is 4.74 Å². The van der Waals surface area contributed by atoms with E-state index in [1.54, 1.807) is 45.5 Å². The second kappa shape index (κ2) is 12.7. The lowest BCUT2D eigenvalue weighted by atomic mass is 9.66. The predicted molar refractivity (Wildman–Crippen MR) is 181 cm³/mol. The zero-order valence-electron chi connectivity index (χ0n) is 27.0. The maximum atomic E-state index is 14.9. The van der Waals surface area contributed by atoms with E-state index in [-0.39, 0.29) is 37.4 Å². The first-order valence-electron chi connectivity index (χ1n) is 15.8. The second-order valence-electron chi connectivity index (χ2n) is 12.7. The Morgan fingerprint density at radius 1 is 1.09 bits per heavy atom. The molecule has 3 aliphatic rings. The number of anilines is 2. The SMILES string of the molecule is C=CCN(C(=O)[C@H]1[C@H]2C(=O)N([C@H](C)CO)C(C(=O)N(CC=C)c3cc(C)ccc3C)C23CC[C@]1(C)S3)c1ccc(OCC)cc1. The maximum absolute atomic E-state index is 14.9. The molecule has 0 aromatic heterocycles. The Morgan fingerprint density at radius 3 is 2.38 bits per heavy atom. The Hall–Kier alpha value is -3.56. The predicted octanol–water partition coefficient (Wildman–Crippen LogP) is 5.30. The summed E-state index contributed by atoms with van der Waals surface area (Å²) in [4.78, 5) is 49.2. The van der Waals surface area contributed by atoms with Crippen LogP contribution in [-0.2, 0) is 14.4 Å². The van der Waals surface area contributed by atoms with Gasteiger partial charge in [0, 0.05) is 29.2 Å². The average molecular weight is 632 g/mol. The molecule has 1 spiro atoms. The highest BCUT2D eigenvalue weighted by molar-refractivity contribution is 8.02. The number of carbonyl (C=O) groups excluding carboxylic acids is 3. The number of nitrogens with zero attached hydrogens (tertiary/aromatic N) is 3.